The minimum atomic E-state index is -4.20. The highest BCUT2D eigenvalue weighted by Gasteiger charge is 2.32. The quantitative estimate of drug-likeness (QED) is 0.347. The number of hydrogen-bond donors (Lipinski definition) is 1. The largest absolute Gasteiger partial charge is 0.355 e. The molecule has 0 aromatic heterocycles. The Labute approximate surface area is 232 Å². The summed E-state index contributed by atoms with van der Waals surface area (Å²) in [5, 5.41) is 3.65. The van der Waals surface area contributed by atoms with E-state index in [9.17, 15) is 18.0 Å². The molecule has 0 spiro atoms. The Morgan fingerprint density at radius 3 is 2.05 bits per heavy atom. The smallest absolute Gasteiger partial charge is 0.264 e. The van der Waals surface area contributed by atoms with Crippen molar-refractivity contribution in [3.63, 3.8) is 0 Å². The lowest BCUT2D eigenvalue weighted by Gasteiger charge is -2.32. The van der Waals surface area contributed by atoms with Crippen molar-refractivity contribution in [2.45, 2.75) is 31.3 Å². The zero-order valence-corrected chi connectivity index (χ0v) is 23.3. The number of sulfonamides is 1. The summed E-state index contributed by atoms with van der Waals surface area (Å²) in [6, 6.07) is 18.0. The molecule has 3 rings (SSSR count). The first-order valence-electron chi connectivity index (χ1n) is 11.4. The summed E-state index contributed by atoms with van der Waals surface area (Å²) < 4.78 is 28.3. The fourth-order valence-electron chi connectivity index (χ4n) is 3.62. The maximum atomic E-state index is 13.7. The van der Waals surface area contributed by atoms with Crippen LogP contribution in [0.25, 0.3) is 0 Å². The molecule has 0 radical (unpaired) electrons. The lowest BCUT2D eigenvalue weighted by Crippen LogP contribution is -2.51. The first kappa shape index (κ1) is 28.8. The summed E-state index contributed by atoms with van der Waals surface area (Å²) in [6.07, 6.45) is 0. The van der Waals surface area contributed by atoms with Crippen LogP contribution in [0, 0.1) is 0 Å². The topological polar surface area (TPSA) is 86.8 Å². The maximum Gasteiger partial charge on any atom is 0.264 e. The summed E-state index contributed by atoms with van der Waals surface area (Å²) in [4.78, 5) is 27.8. The second-order valence-corrected chi connectivity index (χ2v) is 11.3. The van der Waals surface area contributed by atoms with Crippen LogP contribution in [0.15, 0.2) is 77.7 Å². The summed E-state index contributed by atoms with van der Waals surface area (Å²) in [5.74, 6) is -0.961. The molecule has 2 amide bonds. The van der Waals surface area contributed by atoms with Gasteiger partial charge in [0.25, 0.3) is 10.0 Å². The average Bonchev–Trinajstić information content (AvgIpc) is 2.86. The van der Waals surface area contributed by atoms with E-state index >= 15 is 0 Å². The van der Waals surface area contributed by atoms with E-state index in [-0.39, 0.29) is 33.1 Å². The minimum absolute atomic E-state index is 0.0140. The number of carbonyl (C=O) groups is 2. The average molecular weight is 583 g/mol. The molecule has 37 heavy (non-hydrogen) atoms. The fourth-order valence-corrected chi connectivity index (χ4v) is 5.68. The van der Waals surface area contributed by atoms with Gasteiger partial charge in [-0.25, -0.2) is 8.42 Å². The van der Waals surface area contributed by atoms with Gasteiger partial charge in [-0.1, -0.05) is 65.1 Å². The number of anilines is 1. The van der Waals surface area contributed by atoms with Crippen molar-refractivity contribution in [1.29, 1.82) is 0 Å². The van der Waals surface area contributed by atoms with Gasteiger partial charge in [0.05, 0.1) is 10.6 Å². The number of rotatable bonds is 10. The molecule has 0 bridgehead atoms. The first-order valence-corrected chi connectivity index (χ1v) is 14.0. The number of nitrogens with one attached hydrogen (secondary N) is 1. The molecule has 0 aliphatic heterocycles. The number of likely N-dealkylation sites (N-methyl/N-ethyl adjacent to an activating group) is 1. The summed E-state index contributed by atoms with van der Waals surface area (Å²) in [6.45, 7) is 3.20. The number of halogens is 3. The van der Waals surface area contributed by atoms with E-state index in [0.29, 0.717) is 11.6 Å². The van der Waals surface area contributed by atoms with Crippen molar-refractivity contribution >= 4 is 62.3 Å². The third-order valence-electron chi connectivity index (χ3n) is 5.53. The van der Waals surface area contributed by atoms with Crippen LogP contribution in [0.2, 0.25) is 15.1 Å². The molecule has 196 valence electrons. The van der Waals surface area contributed by atoms with Crippen LogP contribution in [0.4, 0.5) is 5.69 Å². The van der Waals surface area contributed by atoms with E-state index in [1.54, 1.807) is 56.3 Å². The van der Waals surface area contributed by atoms with E-state index in [0.717, 1.165) is 9.87 Å². The molecule has 7 nitrogen and oxygen atoms in total. The standard InChI is InChI=1S/C26H26Cl3N3O4S/c1-3-30-26(34)18(2)31(16-19-9-11-20(27)12-10-19)25(33)17-32(23-14-21(28)13-22(29)15-23)37(35,36)24-7-5-4-6-8-24/h4-15,18H,3,16-17H2,1-2H3,(H,30,34). The molecule has 3 aromatic rings. The zero-order valence-electron chi connectivity index (χ0n) is 20.2. The van der Waals surface area contributed by atoms with Gasteiger partial charge in [0.2, 0.25) is 11.8 Å². The highest BCUT2D eigenvalue weighted by molar-refractivity contribution is 7.92. The first-order chi connectivity index (χ1) is 17.5. The van der Waals surface area contributed by atoms with E-state index in [2.05, 4.69) is 5.32 Å². The Morgan fingerprint density at radius 1 is 0.892 bits per heavy atom. The zero-order chi connectivity index (χ0) is 27.2. The van der Waals surface area contributed by atoms with Gasteiger partial charge in [0.1, 0.15) is 12.6 Å². The van der Waals surface area contributed by atoms with E-state index < -0.39 is 28.5 Å². The summed E-state index contributed by atoms with van der Waals surface area (Å²) in [7, 11) is -4.20. The van der Waals surface area contributed by atoms with Crippen LogP contribution in [-0.4, -0.2) is 44.3 Å². The van der Waals surface area contributed by atoms with Gasteiger partial charge in [-0.2, -0.15) is 0 Å². The van der Waals surface area contributed by atoms with Crippen LogP contribution in [0.1, 0.15) is 19.4 Å². The number of amides is 2. The highest BCUT2D eigenvalue weighted by Crippen LogP contribution is 2.30. The number of nitrogens with zero attached hydrogens (tertiary/aromatic N) is 2. The van der Waals surface area contributed by atoms with E-state index in [1.165, 1.54) is 35.2 Å². The van der Waals surface area contributed by atoms with E-state index in [4.69, 9.17) is 34.8 Å². The van der Waals surface area contributed by atoms with Crippen molar-refractivity contribution in [1.82, 2.24) is 10.2 Å². The Kier molecular flexibility index (Phi) is 9.84. The lowest BCUT2D eigenvalue weighted by atomic mass is 10.1. The van der Waals surface area contributed by atoms with Crippen molar-refractivity contribution in [2.24, 2.45) is 0 Å². The molecular weight excluding hydrogens is 557 g/mol. The predicted octanol–water partition coefficient (Wildman–Crippen LogP) is 5.40. The molecule has 11 heteroatoms. The van der Waals surface area contributed by atoms with Gasteiger partial charge in [-0.3, -0.25) is 13.9 Å². The van der Waals surface area contributed by atoms with Crippen molar-refractivity contribution in [3.05, 3.63) is 93.4 Å². The lowest BCUT2D eigenvalue weighted by molar-refractivity contribution is -0.139. The van der Waals surface area contributed by atoms with Crippen LogP contribution < -0.4 is 9.62 Å². The normalized spacial score (nSPS) is 12.0. The van der Waals surface area contributed by atoms with Crippen LogP contribution in [0.5, 0.6) is 0 Å². The molecule has 3 aromatic carbocycles. The summed E-state index contributed by atoms with van der Waals surface area (Å²) in [5.41, 5.74) is 0.837. The molecule has 0 saturated heterocycles. The Morgan fingerprint density at radius 2 is 1.49 bits per heavy atom. The maximum absolute atomic E-state index is 13.7. The molecule has 0 fully saturated rings. The fraction of sp³-hybridized carbons (Fsp3) is 0.231. The Balaban J connectivity index is 2.04. The van der Waals surface area contributed by atoms with Gasteiger partial charge in [0.15, 0.2) is 0 Å². The Hall–Kier alpha value is -2.78. The van der Waals surface area contributed by atoms with Crippen LogP contribution >= 0.6 is 34.8 Å². The van der Waals surface area contributed by atoms with Crippen LogP contribution in [0.3, 0.4) is 0 Å². The predicted molar refractivity (Wildman–Crippen MR) is 148 cm³/mol. The van der Waals surface area contributed by atoms with Gasteiger partial charge >= 0.3 is 0 Å². The van der Waals surface area contributed by atoms with Crippen molar-refractivity contribution in [2.75, 3.05) is 17.4 Å². The second-order valence-electron chi connectivity index (χ2n) is 8.17. The second kappa shape index (κ2) is 12.6. The molecular formula is C26H26Cl3N3O4S. The summed E-state index contributed by atoms with van der Waals surface area (Å²) >= 11 is 18.3. The number of carbonyl (C=O) groups excluding carboxylic acids is 2. The van der Waals surface area contributed by atoms with Crippen molar-refractivity contribution in [3.8, 4) is 0 Å². The van der Waals surface area contributed by atoms with Gasteiger partial charge in [-0.15, -0.1) is 0 Å². The van der Waals surface area contributed by atoms with E-state index in [1.807, 2.05) is 0 Å². The third-order valence-corrected chi connectivity index (χ3v) is 8.01. The van der Waals surface area contributed by atoms with Crippen LogP contribution in [-0.2, 0) is 26.2 Å². The highest BCUT2D eigenvalue weighted by atomic mass is 35.5. The number of hydrogen-bond acceptors (Lipinski definition) is 4. The molecule has 1 atom stereocenters. The number of benzene rings is 3. The molecule has 1 unspecified atom stereocenters. The third kappa shape index (κ3) is 7.38. The van der Waals surface area contributed by atoms with Gasteiger partial charge < -0.3 is 10.2 Å². The monoisotopic (exact) mass is 581 g/mol. The minimum Gasteiger partial charge on any atom is -0.355 e. The SMILES string of the molecule is CCNC(=O)C(C)N(Cc1ccc(Cl)cc1)C(=O)CN(c1cc(Cl)cc(Cl)c1)S(=O)(=O)c1ccccc1. The van der Waals surface area contributed by atoms with Crippen molar-refractivity contribution < 1.29 is 18.0 Å². The Bertz CT molecular complexity index is 1330. The van der Waals surface area contributed by atoms with Gasteiger partial charge in [-0.05, 0) is 61.9 Å². The van der Waals surface area contributed by atoms with Gasteiger partial charge in [0, 0.05) is 28.2 Å². The molecule has 0 heterocycles. The molecule has 0 aliphatic rings. The molecule has 1 N–H and O–H groups in total. The molecule has 0 aliphatic carbocycles. The molecule has 0 saturated carbocycles.